The molecule has 0 N–H and O–H groups in total. The second-order valence-electron chi connectivity index (χ2n) is 4.85. The molecule has 0 aliphatic carbocycles. The van der Waals surface area contributed by atoms with Gasteiger partial charge in [-0.2, -0.15) is 17.6 Å². The summed E-state index contributed by atoms with van der Waals surface area (Å²) < 4.78 is 60.4. The zero-order chi connectivity index (χ0) is 21.5. The molecule has 161 valence electrons. The summed E-state index contributed by atoms with van der Waals surface area (Å²) in [5.74, 6) is -13.3. The molecule has 0 saturated carbocycles. The topological polar surface area (TPSA) is 125 Å². The first kappa shape index (κ1) is 26.1. The maximum absolute atomic E-state index is 12.8. The summed E-state index contributed by atoms with van der Waals surface area (Å²) >= 11 is 0. The van der Waals surface area contributed by atoms with Crippen LogP contribution in [0, 0.1) is 0 Å². The molecule has 13 heteroatoms. The number of hydrogen-bond donors (Lipinski definition) is 0. The Labute approximate surface area is 172 Å². The number of carbonyl (C=O) groups excluding carboxylic acids is 2. The van der Waals surface area contributed by atoms with Gasteiger partial charge < -0.3 is 29.3 Å². The molecule has 2 aromatic heterocycles. The molecule has 0 atom stereocenters. The van der Waals surface area contributed by atoms with E-state index in [0.29, 0.717) is 0 Å². The van der Waals surface area contributed by atoms with Crippen molar-refractivity contribution in [1.29, 1.82) is 0 Å². The van der Waals surface area contributed by atoms with Crippen LogP contribution in [0.15, 0.2) is 36.4 Å². The molecule has 2 rings (SSSR count). The molecule has 0 spiro atoms. The van der Waals surface area contributed by atoms with E-state index in [4.69, 9.17) is 0 Å². The Morgan fingerprint density at radius 3 is 1.34 bits per heavy atom. The van der Waals surface area contributed by atoms with Crippen molar-refractivity contribution < 1.29 is 63.9 Å². The maximum atomic E-state index is 12.8. The molecule has 0 saturated heterocycles. The van der Waals surface area contributed by atoms with E-state index in [9.17, 15) is 37.4 Å². The van der Waals surface area contributed by atoms with E-state index in [-0.39, 0.29) is 28.8 Å². The van der Waals surface area contributed by atoms with Gasteiger partial charge in [-0.3, -0.25) is 0 Å². The molecule has 29 heavy (non-hydrogen) atoms. The number of alkyl halides is 4. The van der Waals surface area contributed by atoms with Gasteiger partial charge in [0.05, 0.1) is 14.2 Å². The van der Waals surface area contributed by atoms with Crippen LogP contribution in [0.3, 0.4) is 0 Å². The fourth-order valence-electron chi connectivity index (χ4n) is 1.62. The average Bonchev–Trinajstić information content (AvgIpc) is 2.68. The fourth-order valence-corrected chi connectivity index (χ4v) is 1.62. The number of pyridine rings is 2. The van der Waals surface area contributed by atoms with E-state index in [0.717, 1.165) is 12.1 Å². The third-order valence-corrected chi connectivity index (χ3v) is 3.02. The van der Waals surface area contributed by atoms with Crippen LogP contribution in [0.5, 0.6) is 11.8 Å². The van der Waals surface area contributed by atoms with E-state index >= 15 is 0 Å². The average molecular weight is 468 g/mol. The Morgan fingerprint density at radius 1 is 0.793 bits per heavy atom. The van der Waals surface area contributed by atoms with Crippen LogP contribution in [-0.4, -0.2) is 36.1 Å². The van der Waals surface area contributed by atoms with E-state index in [1.165, 1.54) is 38.5 Å². The number of halogens is 4. The predicted octanol–water partition coefficient (Wildman–Crippen LogP) is -0.139. The minimum atomic E-state index is -4.10. The third-order valence-electron chi connectivity index (χ3n) is 3.02. The normalized spacial score (nSPS) is 10.7. The maximum Gasteiger partial charge on any atom is 2.00 e. The number of rotatable bonds is 6. The van der Waals surface area contributed by atoms with Gasteiger partial charge in [0.1, 0.15) is 23.3 Å². The second kappa shape index (κ2) is 10.6. The molecular formula is C16H12CuF4N2O6. The number of methoxy groups -OCH3 is 2. The van der Waals surface area contributed by atoms with Gasteiger partial charge >= 0.3 is 28.9 Å². The number of carbonyl (C=O) groups is 2. The fraction of sp³-hybridized carbons (Fsp3) is 0.250. The van der Waals surface area contributed by atoms with E-state index in [1.807, 2.05) is 0 Å². The Hall–Kier alpha value is -2.92. The summed E-state index contributed by atoms with van der Waals surface area (Å²) in [6, 6.07) is 6.87. The van der Waals surface area contributed by atoms with Crippen LogP contribution < -0.4 is 19.7 Å². The Bertz CT molecular complexity index is 784. The van der Waals surface area contributed by atoms with Crippen LogP contribution in [-0.2, 0) is 38.5 Å². The number of aromatic nitrogens is 2. The van der Waals surface area contributed by atoms with E-state index < -0.39 is 35.2 Å². The van der Waals surface area contributed by atoms with Gasteiger partial charge in [-0.25, -0.2) is 9.97 Å². The first-order valence-electron chi connectivity index (χ1n) is 7.18. The van der Waals surface area contributed by atoms with Gasteiger partial charge in [-0.1, -0.05) is 12.1 Å². The van der Waals surface area contributed by atoms with Crippen molar-refractivity contribution in [3.8, 4) is 11.8 Å². The zero-order valence-electron chi connectivity index (χ0n) is 14.6. The van der Waals surface area contributed by atoms with Crippen molar-refractivity contribution >= 4 is 11.9 Å². The number of aliphatic carboxylic acids is 2. The van der Waals surface area contributed by atoms with Crippen molar-refractivity contribution in [3.63, 3.8) is 0 Å². The summed E-state index contributed by atoms with van der Waals surface area (Å²) in [7, 11) is 2.48. The monoisotopic (exact) mass is 467 g/mol. The van der Waals surface area contributed by atoms with Gasteiger partial charge in [0.15, 0.2) is 0 Å². The molecule has 0 aliphatic heterocycles. The molecule has 0 unspecified atom stereocenters. The summed E-state index contributed by atoms with van der Waals surface area (Å²) in [5, 5.41) is 20.2. The van der Waals surface area contributed by atoms with Crippen molar-refractivity contribution in [2.24, 2.45) is 0 Å². The first-order valence-corrected chi connectivity index (χ1v) is 7.18. The largest absolute Gasteiger partial charge is 2.00 e. The van der Waals surface area contributed by atoms with Crippen LogP contribution in [0.4, 0.5) is 17.6 Å². The van der Waals surface area contributed by atoms with Crippen LogP contribution in [0.1, 0.15) is 11.4 Å². The quantitative estimate of drug-likeness (QED) is 0.425. The summed E-state index contributed by atoms with van der Waals surface area (Å²) in [4.78, 5) is 26.7. The van der Waals surface area contributed by atoms with Crippen LogP contribution >= 0.6 is 0 Å². The first-order chi connectivity index (χ1) is 13.0. The molecule has 2 aromatic rings. The third kappa shape index (κ3) is 6.57. The van der Waals surface area contributed by atoms with Crippen molar-refractivity contribution in [1.82, 2.24) is 9.97 Å². The summed E-state index contributed by atoms with van der Waals surface area (Å²) in [6.45, 7) is 0. The molecular weight excluding hydrogens is 456 g/mol. The molecule has 0 fully saturated rings. The molecule has 0 aromatic carbocycles. The molecule has 8 nitrogen and oxygen atoms in total. The number of hydrogen-bond acceptors (Lipinski definition) is 8. The summed E-state index contributed by atoms with van der Waals surface area (Å²) in [6.07, 6.45) is 0. The number of carboxylic acid groups (broad SMARTS) is 2. The van der Waals surface area contributed by atoms with E-state index in [2.05, 4.69) is 19.4 Å². The van der Waals surface area contributed by atoms with Crippen molar-refractivity contribution in [2.45, 2.75) is 11.8 Å². The van der Waals surface area contributed by atoms with Crippen molar-refractivity contribution in [3.05, 3.63) is 47.8 Å². The number of ether oxygens (including phenoxy) is 2. The number of carboxylic acids is 2. The van der Waals surface area contributed by atoms with E-state index in [1.54, 1.807) is 0 Å². The molecule has 1 radical (unpaired) electrons. The number of nitrogens with zero attached hydrogens (tertiary/aromatic N) is 2. The van der Waals surface area contributed by atoms with Crippen molar-refractivity contribution in [2.75, 3.05) is 14.2 Å². The second-order valence-corrected chi connectivity index (χ2v) is 4.85. The molecule has 2 heterocycles. The Kier molecular flexibility index (Phi) is 9.51. The minimum Gasteiger partial charge on any atom is -0.544 e. The summed E-state index contributed by atoms with van der Waals surface area (Å²) in [5.41, 5.74) is -1.81. The molecule has 0 aliphatic rings. The SMILES string of the molecule is COc1cccc(C(F)(F)C(=O)[O-])n1.COc1cccc(C(F)(F)C(=O)[O-])n1.[Cu+2]. The minimum absolute atomic E-state index is 0. The Morgan fingerprint density at radius 2 is 1.10 bits per heavy atom. The van der Waals surface area contributed by atoms with Crippen LogP contribution in [0.25, 0.3) is 0 Å². The standard InChI is InChI=1S/2C8H7F2NO3.Cu/c2*1-14-6-4-2-3-5(11-6)8(9,10)7(12)13;/h2*2-4H,1H3,(H,12,13);/q;;+2/p-2. The smallest absolute Gasteiger partial charge is 0.544 e. The van der Waals surface area contributed by atoms with Gasteiger partial charge in [0, 0.05) is 12.1 Å². The van der Waals surface area contributed by atoms with Gasteiger partial charge in [-0.05, 0) is 12.1 Å². The Balaban J connectivity index is 0.000000523. The van der Waals surface area contributed by atoms with Gasteiger partial charge in [0.25, 0.3) is 0 Å². The van der Waals surface area contributed by atoms with Crippen LogP contribution in [0.2, 0.25) is 0 Å². The molecule has 0 amide bonds. The zero-order valence-corrected chi connectivity index (χ0v) is 15.6. The van der Waals surface area contributed by atoms with Gasteiger partial charge in [-0.15, -0.1) is 0 Å². The van der Waals surface area contributed by atoms with Gasteiger partial charge in [0.2, 0.25) is 11.8 Å². The predicted molar refractivity (Wildman–Crippen MR) is 79.4 cm³/mol. The molecule has 0 bridgehead atoms.